The predicted molar refractivity (Wildman–Crippen MR) is 134 cm³/mol. The van der Waals surface area contributed by atoms with Crippen molar-refractivity contribution in [3.63, 3.8) is 0 Å². The minimum absolute atomic E-state index is 0.0364. The number of hydrogen-bond donors (Lipinski definition) is 1. The van der Waals surface area contributed by atoms with Crippen molar-refractivity contribution in [3.8, 4) is 17.2 Å². The smallest absolute Gasteiger partial charge is 0.169 e. The van der Waals surface area contributed by atoms with Gasteiger partial charge in [0.05, 0.1) is 20.3 Å². The van der Waals surface area contributed by atoms with Gasteiger partial charge in [-0.2, -0.15) is 0 Å². The maximum atomic E-state index is 6.28. The lowest BCUT2D eigenvalue weighted by Crippen LogP contribution is -2.52. The van der Waals surface area contributed by atoms with Crippen molar-refractivity contribution in [1.29, 1.82) is 0 Å². The molecule has 1 aliphatic rings. The van der Waals surface area contributed by atoms with Crippen LogP contribution in [0.5, 0.6) is 17.2 Å². The lowest BCUT2D eigenvalue weighted by Gasteiger charge is -2.41. The van der Waals surface area contributed by atoms with E-state index >= 15 is 0 Å². The summed E-state index contributed by atoms with van der Waals surface area (Å²) in [6.45, 7) is 12.0. The third kappa shape index (κ3) is 5.66. The average Bonchev–Trinajstić information content (AvgIpc) is 2.75. The van der Waals surface area contributed by atoms with Crippen molar-refractivity contribution >= 4 is 17.3 Å². The molecule has 0 fully saturated rings. The summed E-state index contributed by atoms with van der Waals surface area (Å²) in [6, 6.07) is 12.5. The molecule has 1 aliphatic heterocycles. The second-order valence-electron chi connectivity index (χ2n) is 9.58. The molecule has 2 aromatic rings. The molecular formula is C26H36N2O3S. The summed E-state index contributed by atoms with van der Waals surface area (Å²) >= 11 is 5.82. The molecule has 1 heterocycles. The van der Waals surface area contributed by atoms with Crippen LogP contribution < -0.4 is 19.5 Å². The van der Waals surface area contributed by atoms with Crippen LogP contribution in [0.25, 0.3) is 0 Å². The standard InChI is InChI=1S/C26H36N2O3S/c1-17(2)18-8-10-20(11-9-18)31-16-22-21-15-24(30-7)23(29-6)14-19(21)12-13-28(22)25(32)27-26(3,4)5/h8-11,14-15,17,22H,12-13,16H2,1-7H3,(H,27,32). The van der Waals surface area contributed by atoms with Crippen molar-refractivity contribution in [3.05, 3.63) is 53.1 Å². The molecular weight excluding hydrogens is 420 g/mol. The zero-order valence-electron chi connectivity index (χ0n) is 20.3. The lowest BCUT2D eigenvalue weighted by molar-refractivity contribution is 0.185. The second kappa shape index (κ2) is 9.99. The van der Waals surface area contributed by atoms with Crippen LogP contribution in [-0.4, -0.2) is 42.9 Å². The van der Waals surface area contributed by atoms with Gasteiger partial charge in [0, 0.05) is 12.1 Å². The molecule has 0 aliphatic carbocycles. The normalized spacial score (nSPS) is 15.9. The van der Waals surface area contributed by atoms with Crippen molar-refractivity contribution in [2.45, 2.75) is 58.5 Å². The number of methoxy groups -OCH3 is 2. The molecule has 0 aromatic heterocycles. The number of rotatable bonds is 6. The number of thiocarbonyl (C=S) groups is 1. The summed E-state index contributed by atoms with van der Waals surface area (Å²) in [7, 11) is 3.33. The van der Waals surface area contributed by atoms with Crippen LogP contribution in [0.15, 0.2) is 36.4 Å². The minimum Gasteiger partial charge on any atom is -0.493 e. The van der Waals surface area contributed by atoms with E-state index in [-0.39, 0.29) is 11.6 Å². The Morgan fingerprint density at radius 2 is 1.72 bits per heavy atom. The third-order valence-electron chi connectivity index (χ3n) is 5.70. The summed E-state index contributed by atoms with van der Waals surface area (Å²) in [5.74, 6) is 2.82. The van der Waals surface area contributed by atoms with E-state index in [4.69, 9.17) is 26.4 Å². The largest absolute Gasteiger partial charge is 0.493 e. The first-order valence-corrected chi connectivity index (χ1v) is 11.6. The fourth-order valence-corrected chi connectivity index (χ4v) is 4.49. The second-order valence-corrected chi connectivity index (χ2v) is 9.97. The van der Waals surface area contributed by atoms with Crippen molar-refractivity contribution in [2.75, 3.05) is 27.4 Å². The van der Waals surface area contributed by atoms with E-state index in [1.54, 1.807) is 14.2 Å². The monoisotopic (exact) mass is 456 g/mol. The van der Waals surface area contributed by atoms with Crippen LogP contribution >= 0.6 is 12.2 Å². The molecule has 0 saturated carbocycles. The molecule has 0 radical (unpaired) electrons. The van der Waals surface area contributed by atoms with Gasteiger partial charge in [-0.15, -0.1) is 0 Å². The number of fused-ring (bicyclic) bond motifs is 1. The van der Waals surface area contributed by atoms with E-state index in [2.05, 4.69) is 69.1 Å². The first kappa shape index (κ1) is 24.2. The highest BCUT2D eigenvalue weighted by Crippen LogP contribution is 2.38. The highest BCUT2D eigenvalue weighted by Gasteiger charge is 2.32. The molecule has 0 saturated heterocycles. The quantitative estimate of drug-likeness (QED) is 0.581. The van der Waals surface area contributed by atoms with Crippen LogP contribution in [0.3, 0.4) is 0 Å². The van der Waals surface area contributed by atoms with Crippen LogP contribution in [0.1, 0.15) is 63.3 Å². The molecule has 0 amide bonds. The van der Waals surface area contributed by atoms with Crippen molar-refractivity contribution in [1.82, 2.24) is 10.2 Å². The molecule has 1 unspecified atom stereocenters. The molecule has 6 heteroatoms. The van der Waals surface area contributed by atoms with Gasteiger partial charge >= 0.3 is 0 Å². The Morgan fingerprint density at radius 1 is 1.09 bits per heavy atom. The molecule has 2 aromatic carbocycles. The lowest BCUT2D eigenvalue weighted by atomic mass is 9.92. The summed E-state index contributed by atoms with van der Waals surface area (Å²) in [4.78, 5) is 2.23. The van der Waals surface area contributed by atoms with Gasteiger partial charge in [-0.05, 0) is 86.3 Å². The van der Waals surface area contributed by atoms with Crippen LogP contribution in [-0.2, 0) is 6.42 Å². The summed E-state index contributed by atoms with van der Waals surface area (Å²) in [5.41, 5.74) is 3.58. The first-order chi connectivity index (χ1) is 15.1. The van der Waals surface area contributed by atoms with Gasteiger partial charge < -0.3 is 24.4 Å². The van der Waals surface area contributed by atoms with E-state index in [1.807, 2.05) is 12.1 Å². The van der Waals surface area contributed by atoms with Gasteiger partial charge in [0.1, 0.15) is 12.4 Å². The number of nitrogens with zero attached hydrogens (tertiary/aromatic N) is 1. The number of nitrogens with one attached hydrogen (secondary N) is 1. The minimum atomic E-state index is -0.118. The summed E-state index contributed by atoms with van der Waals surface area (Å²) in [5, 5.41) is 4.20. The van der Waals surface area contributed by atoms with Crippen molar-refractivity contribution < 1.29 is 14.2 Å². The highest BCUT2D eigenvalue weighted by molar-refractivity contribution is 7.80. The van der Waals surface area contributed by atoms with E-state index in [0.29, 0.717) is 18.3 Å². The number of hydrogen-bond acceptors (Lipinski definition) is 4. The Bertz CT molecular complexity index is 935. The van der Waals surface area contributed by atoms with Crippen LogP contribution in [0.2, 0.25) is 0 Å². The fourth-order valence-electron chi connectivity index (χ4n) is 3.97. The predicted octanol–water partition coefficient (Wildman–Crippen LogP) is 5.48. The van der Waals surface area contributed by atoms with Gasteiger partial charge in [0.25, 0.3) is 0 Å². The van der Waals surface area contributed by atoms with E-state index in [0.717, 1.165) is 35.1 Å². The fraction of sp³-hybridized carbons (Fsp3) is 0.500. The van der Waals surface area contributed by atoms with E-state index in [9.17, 15) is 0 Å². The molecule has 32 heavy (non-hydrogen) atoms. The van der Waals surface area contributed by atoms with Gasteiger partial charge in [0.15, 0.2) is 16.6 Å². The molecule has 0 spiro atoms. The zero-order valence-corrected chi connectivity index (χ0v) is 21.1. The SMILES string of the molecule is COc1cc2c(cc1OC)C(COc1ccc(C(C)C)cc1)N(C(=S)NC(C)(C)C)CC2. The average molecular weight is 457 g/mol. The Morgan fingerprint density at radius 3 is 2.28 bits per heavy atom. The first-order valence-electron chi connectivity index (χ1n) is 11.2. The Hall–Kier alpha value is -2.47. The zero-order chi connectivity index (χ0) is 23.5. The maximum absolute atomic E-state index is 6.28. The van der Waals surface area contributed by atoms with Crippen molar-refractivity contribution in [2.24, 2.45) is 0 Å². The van der Waals surface area contributed by atoms with Gasteiger partial charge in [-0.3, -0.25) is 0 Å². The molecule has 3 rings (SSSR count). The third-order valence-corrected chi connectivity index (χ3v) is 6.04. The Labute approximate surface area is 198 Å². The van der Waals surface area contributed by atoms with Crippen LogP contribution in [0, 0.1) is 0 Å². The molecule has 0 bridgehead atoms. The molecule has 1 N–H and O–H groups in total. The van der Waals surface area contributed by atoms with Gasteiger partial charge in [-0.25, -0.2) is 0 Å². The van der Waals surface area contributed by atoms with Gasteiger partial charge in [0.2, 0.25) is 0 Å². The summed E-state index contributed by atoms with van der Waals surface area (Å²) < 4.78 is 17.4. The Balaban J connectivity index is 1.91. The van der Waals surface area contributed by atoms with Crippen LogP contribution in [0.4, 0.5) is 0 Å². The number of ether oxygens (including phenoxy) is 3. The summed E-state index contributed by atoms with van der Waals surface area (Å²) in [6.07, 6.45) is 0.876. The molecule has 5 nitrogen and oxygen atoms in total. The maximum Gasteiger partial charge on any atom is 0.169 e. The van der Waals surface area contributed by atoms with E-state index < -0.39 is 0 Å². The molecule has 1 atom stereocenters. The van der Waals surface area contributed by atoms with Gasteiger partial charge in [-0.1, -0.05) is 26.0 Å². The van der Waals surface area contributed by atoms with E-state index in [1.165, 1.54) is 11.1 Å². The molecule has 174 valence electrons. The Kier molecular flexibility index (Phi) is 7.55. The topological polar surface area (TPSA) is 43.0 Å². The number of benzene rings is 2. The highest BCUT2D eigenvalue weighted by atomic mass is 32.1.